The van der Waals surface area contributed by atoms with Gasteiger partial charge in [-0.05, 0) is 94.9 Å². The third kappa shape index (κ3) is 5.98. The van der Waals surface area contributed by atoms with Crippen LogP contribution in [0.15, 0.2) is 48.5 Å². The summed E-state index contributed by atoms with van der Waals surface area (Å²) < 4.78 is 0. The molecule has 1 saturated heterocycles. The molecule has 0 spiro atoms. The summed E-state index contributed by atoms with van der Waals surface area (Å²) in [6.45, 7) is 17.8. The van der Waals surface area contributed by atoms with E-state index in [-0.39, 0.29) is 0 Å². The second-order valence-corrected chi connectivity index (χ2v) is 8.91. The van der Waals surface area contributed by atoms with Crippen LogP contribution in [-0.4, -0.2) is 56.1 Å². The van der Waals surface area contributed by atoms with Crippen molar-refractivity contribution in [2.75, 3.05) is 65.7 Å². The molecule has 5 nitrogen and oxygen atoms in total. The minimum atomic E-state index is 0.831. The van der Waals surface area contributed by atoms with Crippen molar-refractivity contribution in [1.29, 1.82) is 0 Å². The van der Waals surface area contributed by atoms with Gasteiger partial charge in [-0.3, -0.25) is 4.90 Å². The number of hydrogen-bond donors (Lipinski definition) is 0. The fourth-order valence-corrected chi connectivity index (χ4v) is 4.81. The number of rotatable bonds is 11. The van der Waals surface area contributed by atoms with Crippen molar-refractivity contribution >= 4 is 40.1 Å². The van der Waals surface area contributed by atoms with E-state index in [9.17, 15) is 0 Å². The number of hydrogen-bond acceptors (Lipinski definition) is 4. The van der Waals surface area contributed by atoms with Gasteiger partial charge in [0.2, 0.25) is 0 Å². The van der Waals surface area contributed by atoms with E-state index in [1.54, 1.807) is 0 Å². The topological polar surface area (TPSA) is 16.2 Å². The highest BCUT2D eigenvalue weighted by Gasteiger charge is 2.29. The maximum atomic E-state index is 6.04. The fraction of sp³-hybridized carbons (Fsp3) is 0.519. The maximum Gasteiger partial charge on any atom is 0.182 e. The standard InChI is InChI=1S/C27H41N5S/c1-6-11-20-28-21-31(25-16-12-23(13-17-25)29(7-2)8-3)27(33)32(22-28)26-18-14-24(15-19-26)30(9-4)10-5/h12-19H,6-11,20-22H2,1-5H3. The lowest BCUT2D eigenvalue weighted by atomic mass is 10.2. The van der Waals surface area contributed by atoms with Crippen LogP contribution in [0.1, 0.15) is 47.5 Å². The van der Waals surface area contributed by atoms with E-state index in [4.69, 9.17) is 12.2 Å². The first-order valence-electron chi connectivity index (χ1n) is 12.6. The van der Waals surface area contributed by atoms with Crippen LogP contribution in [0.3, 0.4) is 0 Å². The predicted molar refractivity (Wildman–Crippen MR) is 149 cm³/mol. The van der Waals surface area contributed by atoms with E-state index in [1.165, 1.54) is 24.2 Å². The van der Waals surface area contributed by atoms with Gasteiger partial charge in [-0.1, -0.05) is 13.3 Å². The van der Waals surface area contributed by atoms with Gasteiger partial charge in [0, 0.05) is 55.5 Å². The van der Waals surface area contributed by atoms with Crippen molar-refractivity contribution in [1.82, 2.24) is 4.90 Å². The summed E-state index contributed by atoms with van der Waals surface area (Å²) in [5.41, 5.74) is 4.83. The Morgan fingerprint density at radius 1 is 0.667 bits per heavy atom. The normalized spacial score (nSPS) is 14.6. The van der Waals surface area contributed by atoms with E-state index < -0.39 is 0 Å². The molecule has 2 aromatic rings. The molecule has 0 bridgehead atoms. The molecule has 0 radical (unpaired) electrons. The lowest BCUT2D eigenvalue weighted by Crippen LogP contribution is -2.58. The minimum Gasteiger partial charge on any atom is -0.372 e. The van der Waals surface area contributed by atoms with Gasteiger partial charge in [-0.25, -0.2) is 0 Å². The average Bonchev–Trinajstić information content (AvgIpc) is 2.86. The third-order valence-electron chi connectivity index (χ3n) is 6.55. The maximum absolute atomic E-state index is 6.04. The van der Waals surface area contributed by atoms with Crippen molar-refractivity contribution in [2.45, 2.75) is 47.5 Å². The Balaban J connectivity index is 1.86. The van der Waals surface area contributed by atoms with Crippen LogP contribution in [0.5, 0.6) is 0 Å². The molecule has 0 amide bonds. The van der Waals surface area contributed by atoms with Gasteiger partial charge in [0.05, 0.1) is 13.3 Å². The quantitative estimate of drug-likeness (QED) is 0.374. The number of unbranched alkanes of at least 4 members (excludes halogenated alkanes) is 1. The first-order chi connectivity index (χ1) is 16.1. The van der Waals surface area contributed by atoms with Crippen LogP contribution < -0.4 is 19.6 Å². The fourth-order valence-electron chi connectivity index (χ4n) is 4.48. The average molecular weight is 468 g/mol. The number of benzene rings is 2. The monoisotopic (exact) mass is 467 g/mol. The van der Waals surface area contributed by atoms with Gasteiger partial charge >= 0.3 is 0 Å². The molecule has 3 rings (SSSR count). The van der Waals surface area contributed by atoms with Crippen LogP contribution >= 0.6 is 12.2 Å². The molecule has 180 valence electrons. The highest BCUT2D eigenvalue weighted by molar-refractivity contribution is 7.80. The molecule has 0 N–H and O–H groups in total. The number of thiocarbonyl (C=S) groups is 1. The van der Waals surface area contributed by atoms with E-state index in [2.05, 4.69) is 108 Å². The Morgan fingerprint density at radius 3 is 1.39 bits per heavy atom. The highest BCUT2D eigenvalue weighted by atomic mass is 32.1. The van der Waals surface area contributed by atoms with Crippen molar-refractivity contribution in [3.63, 3.8) is 0 Å². The Bertz CT molecular complexity index is 792. The molecule has 0 atom stereocenters. The number of anilines is 4. The van der Waals surface area contributed by atoms with Crippen molar-refractivity contribution in [2.24, 2.45) is 0 Å². The van der Waals surface area contributed by atoms with E-state index >= 15 is 0 Å². The molecular weight excluding hydrogens is 426 g/mol. The van der Waals surface area contributed by atoms with E-state index in [0.29, 0.717) is 0 Å². The largest absolute Gasteiger partial charge is 0.372 e. The molecule has 0 unspecified atom stereocenters. The molecule has 6 heteroatoms. The summed E-state index contributed by atoms with van der Waals surface area (Å²) in [5.74, 6) is 0. The van der Waals surface area contributed by atoms with Gasteiger partial charge < -0.3 is 19.6 Å². The third-order valence-corrected chi connectivity index (χ3v) is 6.99. The molecular formula is C27H41N5S. The second-order valence-electron chi connectivity index (χ2n) is 8.55. The molecule has 2 aromatic carbocycles. The Labute approximate surface area is 206 Å². The lowest BCUT2D eigenvalue weighted by molar-refractivity contribution is 0.273. The van der Waals surface area contributed by atoms with E-state index in [0.717, 1.165) is 62.5 Å². The summed E-state index contributed by atoms with van der Waals surface area (Å²) in [4.78, 5) is 11.8. The van der Waals surface area contributed by atoms with Crippen LogP contribution in [0.25, 0.3) is 0 Å². The Hall–Kier alpha value is -2.31. The summed E-state index contributed by atoms with van der Waals surface area (Å²) in [6, 6.07) is 17.7. The Morgan fingerprint density at radius 2 is 1.06 bits per heavy atom. The van der Waals surface area contributed by atoms with Crippen LogP contribution in [-0.2, 0) is 0 Å². The molecule has 0 saturated carbocycles. The van der Waals surface area contributed by atoms with Crippen molar-refractivity contribution < 1.29 is 0 Å². The minimum absolute atomic E-state index is 0.831. The summed E-state index contributed by atoms with van der Waals surface area (Å²) in [5, 5.41) is 0.869. The van der Waals surface area contributed by atoms with Crippen molar-refractivity contribution in [3.8, 4) is 0 Å². The van der Waals surface area contributed by atoms with Gasteiger partial charge in [0.1, 0.15) is 0 Å². The molecule has 1 heterocycles. The van der Waals surface area contributed by atoms with Crippen LogP contribution in [0.2, 0.25) is 0 Å². The lowest BCUT2D eigenvalue weighted by Gasteiger charge is -2.44. The smallest absolute Gasteiger partial charge is 0.182 e. The summed E-state index contributed by atoms with van der Waals surface area (Å²) in [6.07, 6.45) is 2.38. The van der Waals surface area contributed by atoms with Gasteiger partial charge in [0.15, 0.2) is 5.11 Å². The van der Waals surface area contributed by atoms with Crippen LogP contribution in [0, 0.1) is 0 Å². The molecule has 1 aliphatic heterocycles. The van der Waals surface area contributed by atoms with Crippen LogP contribution in [0.4, 0.5) is 22.7 Å². The van der Waals surface area contributed by atoms with E-state index in [1.807, 2.05) is 0 Å². The molecule has 1 aliphatic rings. The van der Waals surface area contributed by atoms with Gasteiger partial charge in [-0.2, -0.15) is 0 Å². The molecule has 33 heavy (non-hydrogen) atoms. The zero-order valence-corrected chi connectivity index (χ0v) is 21.9. The zero-order chi connectivity index (χ0) is 23.8. The Kier molecular flexibility index (Phi) is 9.39. The highest BCUT2D eigenvalue weighted by Crippen LogP contribution is 2.28. The van der Waals surface area contributed by atoms with Crippen molar-refractivity contribution in [3.05, 3.63) is 48.5 Å². The predicted octanol–water partition coefficient (Wildman–Crippen LogP) is 6.01. The van der Waals surface area contributed by atoms with Gasteiger partial charge in [0.25, 0.3) is 0 Å². The zero-order valence-electron chi connectivity index (χ0n) is 21.1. The molecule has 0 aromatic heterocycles. The van der Waals surface area contributed by atoms with Gasteiger partial charge in [-0.15, -0.1) is 0 Å². The second kappa shape index (κ2) is 12.2. The molecule has 0 aliphatic carbocycles. The SMILES string of the molecule is CCCCN1CN(c2ccc(N(CC)CC)cc2)C(=S)N(c2ccc(N(CC)CC)cc2)C1. The first-order valence-corrected chi connectivity index (χ1v) is 13.0. The number of nitrogens with zero attached hydrogens (tertiary/aromatic N) is 5. The summed E-state index contributed by atoms with van der Waals surface area (Å²) in [7, 11) is 0. The summed E-state index contributed by atoms with van der Waals surface area (Å²) >= 11 is 6.04. The first kappa shape index (κ1) is 25.3. The molecule has 1 fully saturated rings.